The van der Waals surface area contributed by atoms with Gasteiger partial charge in [-0.15, -0.1) is 0 Å². The Labute approximate surface area is 438 Å². The molecule has 0 heterocycles. The summed E-state index contributed by atoms with van der Waals surface area (Å²) in [7, 11) is 0. The molecule has 0 fully saturated rings. The zero-order valence-electron chi connectivity index (χ0n) is 41.8. The molecule has 438 valence electrons. The van der Waals surface area contributed by atoms with Crippen LogP contribution in [0.25, 0.3) is 0 Å². The van der Waals surface area contributed by atoms with Crippen molar-refractivity contribution >= 4 is 0 Å². The van der Waals surface area contributed by atoms with E-state index in [-0.39, 0.29) is 33.4 Å². The van der Waals surface area contributed by atoms with Gasteiger partial charge in [-0.2, -0.15) is 65.9 Å². The quantitative estimate of drug-likeness (QED) is 0.105. The van der Waals surface area contributed by atoms with Gasteiger partial charge in [0.05, 0.1) is 27.8 Å². The van der Waals surface area contributed by atoms with E-state index in [0.29, 0.717) is 23.8 Å². The van der Waals surface area contributed by atoms with E-state index in [4.69, 9.17) is 0 Å². The van der Waals surface area contributed by atoms with Crippen LogP contribution >= 0.6 is 0 Å². The van der Waals surface area contributed by atoms with Gasteiger partial charge in [-0.05, 0) is 167 Å². The molecule has 7 aromatic carbocycles. The number of halogens is 26. The van der Waals surface area contributed by atoms with Crippen molar-refractivity contribution in [2.24, 2.45) is 0 Å². The molecule has 0 nitrogen and oxygen atoms in total. The first kappa shape index (κ1) is 70.7. The second-order valence-corrected chi connectivity index (χ2v) is 16.3. The maximum atomic E-state index is 12.6. The van der Waals surface area contributed by atoms with Gasteiger partial charge in [-0.3, -0.25) is 0 Å². The van der Waals surface area contributed by atoms with E-state index < -0.39 is 123 Å². The molecule has 26 heteroatoms. The highest BCUT2D eigenvalue weighted by Gasteiger charge is 2.35. The van der Waals surface area contributed by atoms with Crippen LogP contribution in [0.2, 0.25) is 0 Å². The third-order valence-corrected chi connectivity index (χ3v) is 9.83. The smallest absolute Gasteiger partial charge is 0.207 e. The maximum absolute atomic E-state index is 12.6. The van der Waals surface area contributed by atoms with Crippen LogP contribution in [-0.2, 0) is 30.9 Å². The van der Waals surface area contributed by atoms with Crippen molar-refractivity contribution < 1.29 is 114 Å². The van der Waals surface area contributed by atoms with Gasteiger partial charge in [-0.1, -0.05) is 23.8 Å². The van der Waals surface area contributed by atoms with Gasteiger partial charge in [0.1, 0.15) is 40.7 Å². The van der Waals surface area contributed by atoms with Crippen molar-refractivity contribution in [3.05, 3.63) is 246 Å². The fraction of sp³-hybridized carbons (Fsp3) is 0.222. The van der Waals surface area contributed by atoms with Gasteiger partial charge in [0.25, 0.3) is 0 Å². The van der Waals surface area contributed by atoms with E-state index in [9.17, 15) is 114 Å². The number of hydrogen-bond donors (Lipinski definition) is 0. The molecule has 0 bridgehead atoms. The normalized spacial score (nSPS) is 11.3. The average Bonchev–Trinajstić information content (AvgIpc) is 3.32. The van der Waals surface area contributed by atoms with Gasteiger partial charge in [0, 0.05) is 11.6 Å². The molecular weight excluding hydrogens is 1140 g/mol. The van der Waals surface area contributed by atoms with E-state index in [1.165, 1.54) is 47.6 Å². The van der Waals surface area contributed by atoms with E-state index in [1.54, 1.807) is 0 Å². The Morgan fingerprint density at radius 3 is 1.12 bits per heavy atom. The number of benzene rings is 7. The molecule has 7 rings (SSSR count). The summed E-state index contributed by atoms with van der Waals surface area (Å²) in [5.41, 5.74) is -4.49. The lowest BCUT2D eigenvalue weighted by Gasteiger charge is -2.09. The zero-order valence-corrected chi connectivity index (χ0v) is 41.8. The molecule has 0 aromatic heterocycles. The lowest BCUT2D eigenvalue weighted by molar-refractivity contribution is -0.140. The van der Waals surface area contributed by atoms with E-state index in [2.05, 4.69) is 0 Å². The van der Waals surface area contributed by atoms with Crippen LogP contribution < -0.4 is 0 Å². The summed E-state index contributed by atoms with van der Waals surface area (Å²) in [4.78, 5) is 0. The highest BCUT2D eigenvalue weighted by atomic mass is 19.4. The first-order valence-electron chi connectivity index (χ1n) is 21.7. The Kier molecular flexibility index (Phi) is 25.9. The Morgan fingerprint density at radius 1 is 0.250 bits per heavy atom. The van der Waals surface area contributed by atoms with Crippen LogP contribution in [0.1, 0.15) is 66.8 Å². The Bertz CT molecular complexity index is 2950. The molecule has 0 aliphatic rings. The van der Waals surface area contributed by atoms with Crippen molar-refractivity contribution in [1.29, 1.82) is 0 Å². The first-order chi connectivity index (χ1) is 36.3. The van der Waals surface area contributed by atoms with Gasteiger partial charge >= 0.3 is 30.9 Å². The monoisotopic (exact) mass is 1180 g/mol. The molecular formula is C54H40F26. The molecule has 0 aliphatic carbocycles. The second-order valence-electron chi connectivity index (χ2n) is 16.3. The molecule has 0 radical (unpaired) electrons. The molecule has 7 aromatic rings. The third kappa shape index (κ3) is 23.6. The molecule has 0 spiro atoms. The summed E-state index contributed by atoms with van der Waals surface area (Å²) in [5.74, 6) is -10.1. The summed E-state index contributed by atoms with van der Waals surface area (Å²) < 4.78 is 316. The molecule has 0 amide bonds. The van der Waals surface area contributed by atoms with E-state index in [1.807, 2.05) is 0 Å². The maximum Gasteiger partial charge on any atom is 0.419 e. The van der Waals surface area contributed by atoms with Gasteiger partial charge in [-0.25, -0.2) is 48.3 Å². The lowest BCUT2D eigenvalue weighted by Crippen LogP contribution is -2.08. The molecule has 0 saturated heterocycles. The Morgan fingerprint density at radius 2 is 0.688 bits per heavy atom. The Balaban J connectivity index is 0.000000467. The molecule has 0 N–H and O–H groups in total. The summed E-state index contributed by atoms with van der Waals surface area (Å²) in [6.45, 7) is 9.27. The molecule has 0 aliphatic heterocycles. The summed E-state index contributed by atoms with van der Waals surface area (Å²) in [5, 5.41) is 0. The van der Waals surface area contributed by atoms with Crippen molar-refractivity contribution in [2.45, 2.75) is 79.3 Å². The fourth-order valence-corrected chi connectivity index (χ4v) is 5.51. The van der Waals surface area contributed by atoms with Crippen LogP contribution in [0.4, 0.5) is 114 Å². The van der Waals surface area contributed by atoms with Gasteiger partial charge in [0.15, 0.2) is 23.3 Å². The summed E-state index contributed by atoms with van der Waals surface area (Å²) in [6, 6.07) is 16.1. The van der Waals surface area contributed by atoms with Crippen molar-refractivity contribution in [3.8, 4) is 0 Å². The van der Waals surface area contributed by atoms with Gasteiger partial charge < -0.3 is 0 Å². The van der Waals surface area contributed by atoms with Gasteiger partial charge in [0.2, 0.25) is 0 Å². The minimum Gasteiger partial charge on any atom is -0.207 e. The largest absolute Gasteiger partial charge is 0.419 e. The predicted octanol–water partition coefficient (Wildman–Crippen LogP) is 20.6. The lowest BCUT2D eigenvalue weighted by atomic mass is 10.1. The topological polar surface area (TPSA) is 0 Å². The molecule has 80 heavy (non-hydrogen) atoms. The number of aryl methyl sites for hydroxylation is 5. The fourth-order valence-electron chi connectivity index (χ4n) is 5.51. The highest BCUT2D eigenvalue weighted by molar-refractivity contribution is 5.31. The van der Waals surface area contributed by atoms with Crippen LogP contribution in [0, 0.1) is 112 Å². The molecule has 0 saturated carbocycles. The highest BCUT2D eigenvalue weighted by Crippen LogP contribution is 2.35. The van der Waals surface area contributed by atoms with Crippen molar-refractivity contribution in [1.82, 2.24) is 0 Å². The van der Waals surface area contributed by atoms with Crippen molar-refractivity contribution in [3.63, 3.8) is 0 Å². The third-order valence-electron chi connectivity index (χ3n) is 9.83. The predicted molar refractivity (Wildman–Crippen MR) is 243 cm³/mol. The number of rotatable bonds is 0. The number of hydrogen-bond acceptors (Lipinski definition) is 0. The summed E-state index contributed by atoms with van der Waals surface area (Å²) >= 11 is 0. The average molecular weight is 1180 g/mol. The molecule has 0 unspecified atom stereocenters. The standard InChI is InChI=1S/5C8H6F4.2C7H5F3/c1-5-2-6(8(10,11)12)4-7(9)3-5;1-5-4-6(8(10,11)12)2-3-7(5)9;1-5-2-3-6(4-7(5)9)8(10,11)12;1-5-2-3-7(9)6(4-5)8(10,11)12;1-5-6(8(10,11)12)3-2-4-7(5)9;1-4-2-6(9)7(10)3-5(4)8;1-4-5(8)2-3-6(9)7(4)10/h5*2-4H,1H3;2*2-3H,1H3. The second kappa shape index (κ2) is 29.3. The van der Waals surface area contributed by atoms with E-state index >= 15 is 0 Å². The van der Waals surface area contributed by atoms with Crippen LogP contribution in [0.15, 0.2) is 115 Å². The molecule has 0 atom stereocenters. The Hall–Kier alpha value is -7.28. The van der Waals surface area contributed by atoms with Crippen LogP contribution in [0.5, 0.6) is 0 Å². The van der Waals surface area contributed by atoms with Crippen LogP contribution in [-0.4, -0.2) is 0 Å². The van der Waals surface area contributed by atoms with E-state index in [0.717, 1.165) is 97.9 Å². The minimum atomic E-state index is -4.60. The summed E-state index contributed by atoms with van der Waals surface area (Å²) in [6.07, 6.45) is -22.4. The zero-order chi connectivity index (χ0) is 62.2. The van der Waals surface area contributed by atoms with Crippen molar-refractivity contribution in [2.75, 3.05) is 0 Å². The SMILES string of the molecule is Cc1c(F)ccc(F)c1F.Cc1c(F)cccc1C(F)(F)F.Cc1cc(C(F)(F)F)ccc1F.Cc1cc(F)c(F)cc1F.Cc1cc(F)cc(C(F)(F)F)c1.Cc1ccc(C(F)(F)F)cc1F.Cc1ccc(F)c(C(F)(F)F)c1. The first-order valence-corrected chi connectivity index (χ1v) is 21.7. The minimum absolute atomic E-state index is 0.00447. The van der Waals surface area contributed by atoms with Crippen LogP contribution in [0.3, 0.4) is 0 Å². The number of alkyl halides is 15.